The summed E-state index contributed by atoms with van der Waals surface area (Å²) in [5.74, 6) is 0.952. The summed E-state index contributed by atoms with van der Waals surface area (Å²) < 4.78 is 4.83. The first-order valence-corrected chi connectivity index (χ1v) is 6.00. The number of carbonyl (C=O) groups excluding carboxylic acids is 1. The van der Waals surface area contributed by atoms with Crippen LogP contribution >= 0.6 is 0 Å². The highest BCUT2D eigenvalue weighted by Crippen LogP contribution is 2.08. The van der Waals surface area contributed by atoms with Crippen molar-refractivity contribution in [2.45, 2.75) is 20.4 Å². The van der Waals surface area contributed by atoms with Gasteiger partial charge in [0.15, 0.2) is 5.82 Å². The molecule has 1 heterocycles. The maximum absolute atomic E-state index is 11.7. The number of anilines is 1. The van der Waals surface area contributed by atoms with Crippen LogP contribution in [0.4, 0.5) is 5.69 Å². The molecular formula is C13H16N4O2. The number of hydrogen-bond acceptors (Lipinski definition) is 5. The Balaban J connectivity index is 1.76. The van der Waals surface area contributed by atoms with E-state index in [-0.39, 0.29) is 12.5 Å². The number of nitrogens with one attached hydrogen (secondary N) is 2. The Morgan fingerprint density at radius 2 is 2.21 bits per heavy atom. The lowest BCUT2D eigenvalue weighted by atomic mass is 10.2. The van der Waals surface area contributed by atoms with E-state index in [1.807, 2.05) is 31.2 Å². The topological polar surface area (TPSA) is 80.0 Å². The lowest BCUT2D eigenvalue weighted by Crippen LogP contribution is -2.28. The van der Waals surface area contributed by atoms with Crippen molar-refractivity contribution in [1.29, 1.82) is 0 Å². The van der Waals surface area contributed by atoms with E-state index in [0.717, 1.165) is 11.3 Å². The zero-order valence-corrected chi connectivity index (χ0v) is 10.9. The van der Waals surface area contributed by atoms with Gasteiger partial charge in [0.1, 0.15) is 0 Å². The minimum absolute atomic E-state index is 0.106. The molecule has 0 saturated heterocycles. The van der Waals surface area contributed by atoms with Gasteiger partial charge >= 0.3 is 0 Å². The molecule has 2 N–H and O–H groups in total. The van der Waals surface area contributed by atoms with Crippen LogP contribution in [0, 0.1) is 13.8 Å². The average molecular weight is 260 g/mol. The Hall–Kier alpha value is -2.21. The second kappa shape index (κ2) is 6.10. The highest BCUT2D eigenvalue weighted by Gasteiger charge is 2.04. The van der Waals surface area contributed by atoms with E-state index in [9.17, 15) is 4.79 Å². The van der Waals surface area contributed by atoms with Crippen molar-refractivity contribution in [3.8, 4) is 0 Å². The third-order valence-electron chi connectivity index (χ3n) is 2.44. The van der Waals surface area contributed by atoms with Crippen molar-refractivity contribution in [2.24, 2.45) is 0 Å². The molecule has 0 fully saturated rings. The third-order valence-corrected chi connectivity index (χ3v) is 2.44. The van der Waals surface area contributed by atoms with Crippen LogP contribution in [0.15, 0.2) is 28.8 Å². The molecule has 0 aliphatic carbocycles. The molecule has 0 radical (unpaired) electrons. The van der Waals surface area contributed by atoms with Crippen molar-refractivity contribution in [1.82, 2.24) is 15.5 Å². The Bertz CT molecular complexity index is 565. The standard InChI is InChI=1S/C13H16N4O2/c1-9-4-3-5-11(6-9)16-13(18)8-14-7-12-15-10(2)19-17-12/h3-6,14H,7-8H2,1-2H3,(H,16,18). The van der Waals surface area contributed by atoms with E-state index in [4.69, 9.17) is 4.52 Å². The minimum atomic E-state index is -0.106. The fraction of sp³-hybridized carbons (Fsp3) is 0.308. The van der Waals surface area contributed by atoms with Crippen LogP contribution in [-0.2, 0) is 11.3 Å². The number of rotatable bonds is 5. The minimum Gasteiger partial charge on any atom is -0.340 e. The van der Waals surface area contributed by atoms with Crippen LogP contribution < -0.4 is 10.6 Å². The molecule has 0 unspecified atom stereocenters. The van der Waals surface area contributed by atoms with E-state index < -0.39 is 0 Å². The van der Waals surface area contributed by atoms with Crippen molar-refractivity contribution in [3.05, 3.63) is 41.5 Å². The summed E-state index contributed by atoms with van der Waals surface area (Å²) in [5, 5.41) is 9.49. The summed E-state index contributed by atoms with van der Waals surface area (Å²) in [6, 6.07) is 7.65. The molecule has 0 bridgehead atoms. The maximum Gasteiger partial charge on any atom is 0.238 e. The normalized spacial score (nSPS) is 10.4. The van der Waals surface area contributed by atoms with Gasteiger partial charge in [0.25, 0.3) is 0 Å². The smallest absolute Gasteiger partial charge is 0.238 e. The van der Waals surface area contributed by atoms with Crippen LogP contribution in [-0.4, -0.2) is 22.6 Å². The van der Waals surface area contributed by atoms with E-state index in [1.165, 1.54) is 0 Å². The number of nitrogens with zero attached hydrogens (tertiary/aromatic N) is 2. The van der Waals surface area contributed by atoms with Crippen molar-refractivity contribution < 1.29 is 9.32 Å². The summed E-state index contributed by atoms with van der Waals surface area (Å²) in [5.41, 5.74) is 1.90. The van der Waals surface area contributed by atoms with Crippen LogP contribution in [0.3, 0.4) is 0 Å². The number of carbonyl (C=O) groups is 1. The number of hydrogen-bond donors (Lipinski definition) is 2. The third kappa shape index (κ3) is 4.18. The molecule has 0 atom stereocenters. The van der Waals surface area contributed by atoms with Gasteiger partial charge < -0.3 is 15.2 Å². The number of aryl methyl sites for hydroxylation is 2. The van der Waals surface area contributed by atoms with E-state index >= 15 is 0 Å². The highest BCUT2D eigenvalue weighted by molar-refractivity contribution is 5.92. The van der Waals surface area contributed by atoms with Crippen LogP contribution in [0.2, 0.25) is 0 Å². The van der Waals surface area contributed by atoms with Crippen LogP contribution in [0.1, 0.15) is 17.3 Å². The molecule has 0 aliphatic rings. The van der Waals surface area contributed by atoms with E-state index in [2.05, 4.69) is 20.8 Å². The molecule has 2 aromatic rings. The second-order valence-electron chi connectivity index (χ2n) is 4.25. The average Bonchev–Trinajstić information content (AvgIpc) is 2.75. The number of amides is 1. The lowest BCUT2D eigenvalue weighted by molar-refractivity contribution is -0.115. The van der Waals surface area contributed by atoms with Crippen molar-refractivity contribution in [3.63, 3.8) is 0 Å². The Kier molecular flexibility index (Phi) is 4.25. The van der Waals surface area contributed by atoms with Gasteiger partial charge in [-0.25, -0.2) is 0 Å². The van der Waals surface area contributed by atoms with Crippen molar-refractivity contribution >= 4 is 11.6 Å². The monoisotopic (exact) mass is 260 g/mol. The molecule has 0 spiro atoms. The molecule has 0 aliphatic heterocycles. The summed E-state index contributed by atoms with van der Waals surface area (Å²) in [6.45, 7) is 4.30. The molecule has 1 amide bonds. The first kappa shape index (κ1) is 13.2. The van der Waals surface area contributed by atoms with Crippen LogP contribution in [0.5, 0.6) is 0 Å². The van der Waals surface area contributed by atoms with E-state index in [1.54, 1.807) is 6.92 Å². The van der Waals surface area contributed by atoms with Gasteiger partial charge in [-0.1, -0.05) is 17.3 Å². The molecule has 100 valence electrons. The molecule has 2 rings (SSSR count). The predicted octanol–water partition coefficient (Wildman–Crippen LogP) is 1.41. The molecule has 6 heteroatoms. The first-order valence-electron chi connectivity index (χ1n) is 6.00. The number of benzene rings is 1. The zero-order chi connectivity index (χ0) is 13.7. The summed E-state index contributed by atoms with van der Waals surface area (Å²) in [6.07, 6.45) is 0. The largest absolute Gasteiger partial charge is 0.340 e. The SMILES string of the molecule is Cc1cccc(NC(=O)CNCc2noc(C)n2)c1. The molecule has 6 nitrogen and oxygen atoms in total. The number of aromatic nitrogens is 2. The Morgan fingerprint density at radius 1 is 1.37 bits per heavy atom. The molecule has 1 aromatic carbocycles. The van der Waals surface area contributed by atoms with Gasteiger partial charge in [-0.2, -0.15) is 4.98 Å². The fourth-order valence-corrected chi connectivity index (χ4v) is 1.63. The summed E-state index contributed by atoms with van der Waals surface area (Å²) in [7, 11) is 0. The Labute approximate surface area is 111 Å². The zero-order valence-electron chi connectivity index (χ0n) is 10.9. The quantitative estimate of drug-likeness (QED) is 0.849. The van der Waals surface area contributed by atoms with Crippen LogP contribution in [0.25, 0.3) is 0 Å². The highest BCUT2D eigenvalue weighted by atomic mass is 16.5. The van der Waals surface area contributed by atoms with E-state index in [0.29, 0.717) is 18.3 Å². The predicted molar refractivity (Wildman–Crippen MR) is 70.6 cm³/mol. The maximum atomic E-state index is 11.7. The summed E-state index contributed by atoms with van der Waals surface area (Å²) >= 11 is 0. The molecule has 19 heavy (non-hydrogen) atoms. The fourth-order valence-electron chi connectivity index (χ4n) is 1.63. The first-order chi connectivity index (χ1) is 9.13. The Morgan fingerprint density at radius 3 is 2.89 bits per heavy atom. The van der Waals surface area contributed by atoms with Gasteiger partial charge in [-0.15, -0.1) is 0 Å². The molecule has 1 aromatic heterocycles. The van der Waals surface area contributed by atoms with Gasteiger partial charge in [0.2, 0.25) is 11.8 Å². The second-order valence-corrected chi connectivity index (χ2v) is 4.25. The van der Waals surface area contributed by atoms with Gasteiger partial charge in [0.05, 0.1) is 13.1 Å². The van der Waals surface area contributed by atoms with Gasteiger partial charge in [-0.05, 0) is 24.6 Å². The molecule has 0 saturated carbocycles. The summed E-state index contributed by atoms with van der Waals surface area (Å²) in [4.78, 5) is 15.7. The van der Waals surface area contributed by atoms with Gasteiger partial charge in [0, 0.05) is 12.6 Å². The lowest BCUT2D eigenvalue weighted by Gasteiger charge is -2.06. The molecular weight excluding hydrogens is 244 g/mol. The van der Waals surface area contributed by atoms with Crippen molar-refractivity contribution in [2.75, 3.05) is 11.9 Å². The van der Waals surface area contributed by atoms with Gasteiger partial charge in [-0.3, -0.25) is 4.79 Å².